The van der Waals surface area contributed by atoms with E-state index in [9.17, 15) is 0 Å². The first-order chi connectivity index (χ1) is 10.7. The molecule has 1 heterocycles. The van der Waals surface area contributed by atoms with Crippen LogP contribution in [0.4, 0.5) is 0 Å². The molecule has 1 N–H and O–H groups in total. The molecule has 0 aliphatic heterocycles. The van der Waals surface area contributed by atoms with Gasteiger partial charge in [0.2, 0.25) is 5.88 Å². The second kappa shape index (κ2) is 8.58. The molecule has 1 aliphatic rings. The zero-order valence-corrected chi connectivity index (χ0v) is 13.7. The van der Waals surface area contributed by atoms with E-state index in [0.717, 1.165) is 37.2 Å². The van der Waals surface area contributed by atoms with Crippen molar-refractivity contribution in [2.45, 2.75) is 19.4 Å². The minimum Gasteiger partial charge on any atom is -0.481 e. The number of guanidine groups is 1. The van der Waals surface area contributed by atoms with Gasteiger partial charge in [-0.3, -0.25) is 4.99 Å². The number of methoxy groups -OCH3 is 1. The van der Waals surface area contributed by atoms with E-state index in [0.29, 0.717) is 12.4 Å². The van der Waals surface area contributed by atoms with Crippen molar-refractivity contribution < 1.29 is 9.47 Å². The fourth-order valence-electron chi connectivity index (χ4n) is 2.08. The summed E-state index contributed by atoms with van der Waals surface area (Å²) >= 11 is 0. The summed E-state index contributed by atoms with van der Waals surface area (Å²) in [6.07, 6.45) is 4.40. The zero-order chi connectivity index (χ0) is 15.8. The topological polar surface area (TPSA) is 59.0 Å². The summed E-state index contributed by atoms with van der Waals surface area (Å²) in [6.45, 7) is 3.14. The monoisotopic (exact) mass is 306 g/mol. The molecule has 0 atom stereocenters. The minimum absolute atomic E-state index is 0.621. The van der Waals surface area contributed by atoms with Crippen molar-refractivity contribution in [1.29, 1.82) is 0 Å². The highest BCUT2D eigenvalue weighted by Crippen LogP contribution is 2.28. The standard InChI is InChI=1S/C16H26N4O2/c1-17-16(20(2)8-9-22-12-13-4-5-13)19-11-14-6-7-18-15(10-14)21-3/h6-7,10,13H,4-5,8-9,11-12H2,1-3H3,(H,17,19). The predicted molar refractivity (Wildman–Crippen MR) is 87.2 cm³/mol. The number of hydrogen-bond acceptors (Lipinski definition) is 4. The number of pyridine rings is 1. The molecular formula is C16H26N4O2. The molecule has 0 aromatic carbocycles. The molecule has 2 rings (SSSR count). The molecule has 1 fully saturated rings. The highest BCUT2D eigenvalue weighted by Gasteiger charge is 2.21. The van der Waals surface area contributed by atoms with Gasteiger partial charge < -0.3 is 19.7 Å². The van der Waals surface area contributed by atoms with Crippen LogP contribution in [0.3, 0.4) is 0 Å². The Hall–Kier alpha value is -1.82. The van der Waals surface area contributed by atoms with Crippen LogP contribution in [0.25, 0.3) is 0 Å². The zero-order valence-electron chi connectivity index (χ0n) is 13.7. The Balaban J connectivity index is 1.72. The molecule has 0 bridgehead atoms. The Bertz CT molecular complexity index is 489. The lowest BCUT2D eigenvalue weighted by Crippen LogP contribution is -2.40. The maximum Gasteiger partial charge on any atom is 0.213 e. The second-order valence-corrected chi connectivity index (χ2v) is 5.55. The molecule has 122 valence electrons. The fraction of sp³-hybridized carbons (Fsp3) is 0.625. The number of likely N-dealkylation sites (N-methyl/N-ethyl adjacent to an activating group) is 1. The minimum atomic E-state index is 0.621. The van der Waals surface area contributed by atoms with E-state index in [4.69, 9.17) is 9.47 Å². The average molecular weight is 306 g/mol. The van der Waals surface area contributed by atoms with Crippen molar-refractivity contribution in [2.75, 3.05) is 41.0 Å². The summed E-state index contributed by atoms with van der Waals surface area (Å²) in [6, 6.07) is 3.88. The van der Waals surface area contributed by atoms with Crippen molar-refractivity contribution in [3.63, 3.8) is 0 Å². The Morgan fingerprint density at radius 3 is 3.00 bits per heavy atom. The van der Waals surface area contributed by atoms with Crippen LogP contribution in [0.15, 0.2) is 23.3 Å². The van der Waals surface area contributed by atoms with Crippen LogP contribution in [0, 0.1) is 5.92 Å². The quantitative estimate of drug-likeness (QED) is 0.448. The third-order valence-corrected chi connectivity index (χ3v) is 3.65. The Morgan fingerprint density at radius 1 is 1.50 bits per heavy atom. The fourth-order valence-corrected chi connectivity index (χ4v) is 2.08. The summed E-state index contributed by atoms with van der Waals surface area (Å²) in [5, 5.41) is 3.34. The first-order valence-corrected chi connectivity index (χ1v) is 7.71. The van der Waals surface area contributed by atoms with Crippen LogP contribution in [0.1, 0.15) is 18.4 Å². The Morgan fingerprint density at radius 2 is 2.32 bits per heavy atom. The van der Waals surface area contributed by atoms with Crippen molar-refractivity contribution in [1.82, 2.24) is 15.2 Å². The third-order valence-electron chi connectivity index (χ3n) is 3.65. The van der Waals surface area contributed by atoms with E-state index in [1.54, 1.807) is 20.4 Å². The molecule has 6 nitrogen and oxygen atoms in total. The maximum absolute atomic E-state index is 5.67. The summed E-state index contributed by atoms with van der Waals surface area (Å²) < 4.78 is 10.8. The van der Waals surface area contributed by atoms with Crippen molar-refractivity contribution in [2.24, 2.45) is 10.9 Å². The SMILES string of the molecule is CN=C(NCc1ccnc(OC)c1)N(C)CCOCC1CC1. The van der Waals surface area contributed by atoms with Gasteiger partial charge in [0.05, 0.1) is 13.7 Å². The molecule has 1 aliphatic carbocycles. The number of aliphatic imine (C=N–C) groups is 1. The number of ether oxygens (including phenoxy) is 2. The largest absolute Gasteiger partial charge is 0.481 e. The van der Waals surface area contributed by atoms with Gasteiger partial charge in [-0.25, -0.2) is 4.98 Å². The lowest BCUT2D eigenvalue weighted by molar-refractivity contribution is 0.115. The van der Waals surface area contributed by atoms with Crippen LogP contribution in [0.2, 0.25) is 0 Å². The molecule has 1 aromatic heterocycles. The molecule has 0 saturated heterocycles. The van der Waals surface area contributed by atoms with Crippen LogP contribution in [0.5, 0.6) is 5.88 Å². The summed E-state index contributed by atoms with van der Waals surface area (Å²) in [7, 11) is 5.42. The number of hydrogen-bond donors (Lipinski definition) is 1. The molecule has 1 aromatic rings. The first-order valence-electron chi connectivity index (χ1n) is 7.71. The van der Waals surface area contributed by atoms with E-state index in [-0.39, 0.29) is 0 Å². The molecule has 0 amide bonds. The van der Waals surface area contributed by atoms with E-state index in [1.165, 1.54) is 12.8 Å². The highest BCUT2D eigenvalue weighted by molar-refractivity contribution is 5.79. The molecule has 1 saturated carbocycles. The van der Waals surface area contributed by atoms with Gasteiger partial charge in [-0.2, -0.15) is 0 Å². The van der Waals surface area contributed by atoms with Crippen molar-refractivity contribution in [3.8, 4) is 5.88 Å². The summed E-state index contributed by atoms with van der Waals surface area (Å²) in [4.78, 5) is 10.5. The van der Waals surface area contributed by atoms with E-state index in [2.05, 4.69) is 20.2 Å². The van der Waals surface area contributed by atoms with E-state index in [1.807, 2.05) is 19.2 Å². The highest BCUT2D eigenvalue weighted by atomic mass is 16.5. The molecular weight excluding hydrogens is 280 g/mol. The molecule has 6 heteroatoms. The van der Waals surface area contributed by atoms with Gasteiger partial charge in [0.15, 0.2) is 5.96 Å². The maximum atomic E-state index is 5.67. The van der Waals surface area contributed by atoms with Gasteiger partial charge in [0.25, 0.3) is 0 Å². The van der Waals surface area contributed by atoms with Crippen LogP contribution in [-0.4, -0.2) is 56.8 Å². The number of nitrogens with one attached hydrogen (secondary N) is 1. The van der Waals surface area contributed by atoms with Crippen LogP contribution in [-0.2, 0) is 11.3 Å². The van der Waals surface area contributed by atoms with Gasteiger partial charge in [0.1, 0.15) is 0 Å². The van der Waals surface area contributed by atoms with Gasteiger partial charge in [-0.05, 0) is 30.4 Å². The lowest BCUT2D eigenvalue weighted by atomic mass is 10.2. The van der Waals surface area contributed by atoms with E-state index >= 15 is 0 Å². The van der Waals surface area contributed by atoms with Gasteiger partial charge in [0, 0.05) is 46.1 Å². The first kappa shape index (κ1) is 16.5. The van der Waals surface area contributed by atoms with Gasteiger partial charge in [-0.1, -0.05) is 0 Å². The molecule has 0 radical (unpaired) electrons. The normalized spacial score (nSPS) is 14.8. The predicted octanol–water partition coefficient (Wildman–Crippen LogP) is 1.52. The lowest BCUT2D eigenvalue weighted by Gasteiger charge is -2.22. The average Bonchev–Trinajstić information content (AvgIpc) is 3.36. The molecule has 0 spiro atoms. The summed E-state index contributed by atoms with van der Waals surface area (Å²) in [5.41, 5.74) is 1.10. The molecule has 0 unspecified atom stereocenters. The van der Waals surface area contributed by atoms with E-state index < -0.39 is 0 Å². The smallest absolute Gasteiger partial charge is 0.213 e. The number of aromatic nitrogens is 1. The van der Waals surface area contributed by atoms with Crippen molar-refractivity contribution >= 4 is 5.96 Å². The number of rotatable bonds is 8. The number of nitrogens with zero attached hydrogens (tertiary/aromatic N) is 3. The Kier molecular flexibility index (Phi) is 6.45. The van der Waals surface area contributed by atoms with Crippen LogP contribution >= 0.6 is 0 Å². The van der Waals surface area contributed by atoms with Gasteiger partial charge in [-0.15, -0.1) is 0 Å². The van der Waals surface area contributed by atoms with Gasteiger partial charge >= 0.3 is 0 Å². The second-order valence-electron chi connectivity index (χ2n) is 5.55. The van der Waals surface area contributed by atoms with Crippen LogP contribution < -0.4 is 10.1 Å². The Labute approximate surface area is 132 Å². The van der Waals surface area contributed by atoms with Crippen molar-refractivity contribution in [3.05, 3.63) is 23.9 Å². The molecule has 22 heavy (non-hydrogen) atoms. The third kappa shape index (κ3) is 5.52. The summed E-state index contributed by atoms with van der Waals surface area (Å²) in [5.74, 6) is 2.28.